The lowest BCUT2D eigenvalue weighted by Crippen LogP contribution is -2.24. The Morgan fingerprint density at radius 1 is 1.12 bits per heavy atom. The van der Waals surface area contributed by atoms with E-state index < -0.39 is 6.36 Å². The van der Waals surface area contributed by atoms with Crippen LogP contribution in [0.3, 0.4) is 0 Å². The lowest BCUT2D eigenvalue weighted by molar-refractivity contribution is -0.274. The third-order valence-corrected chi connectivity index (χ3v) is 5.30. The van der Waals surface area contributed by atoms with Gasteiger partial charge in [0.05, 0.1) is 0 Å². The Morgan fingerprint density at radius 2 is 1.88 bits per heavy atom. The van der Waals surface area contributed by atoms with Crippen molar-refractivity contribution >= 4 is 11.5 Å². The minimum Gasteiger partial charge on any atom is -0.406 e. The summed E-state index contributed by atoms with van der Waals surface area (Å²) in [5.41, 5.74) is 9.21. The second-order valence-electron chi connectivity index (χ2n) is 7.60. The zero-order valence-corrected chi connectivity index (χ0v) is 17.2. The number of benzene rings is 1. The van der Waals surface area contributed by atoms with Crippen LogP contribution in [0.4, 0.5) is 24.7 Å². The zero-order chi connectivity index (χ0) is 22.6. The molecule has 7 nitrogen and oxygen atoms in total. The quantitative estimate of drug-likeness (QED) is 0.572. The lowest BCUT2D eigenvalue weighted by atomic mass is 10.1. The fourth-order valence-corrected chi connectivity index (χ4v) is 3.70. The predicted molar refractivity (Wildman–Crippen MR) is 115 cm³/mol. The first kappa shape index (κ1) is 21.8. The highest BCUT2D eigenvalue weighted by Crippen LogP contribution is 2.32. The number of hydrogen-bond donors (Lipinski definition) is 2. The number of rotatable bonds is 7. The SMILES string of the molecule is NCC1CCN(c2ncc(CNc3ccc(OC(F)(F)F)cc3)cc2-c2cncnc2)C1. The first-order chi connectivity index (χ1) is 15.4. The number of hydrogen-bond acceptors (Lipinski definition) is 7. The van der Waals surface area contributed by atoms with Crippen LogP contribution in [0.2, 0.25) is 0 Å². The van der Waals surface area contributed by atoms with E-state index in [1.54, 1.807) is 18.6 Å². The number of alkyl halides is 3. The summed E-state index contributed by atoms with van der Waals surface area (Å²) in [7, 11) is 0. The van der Waals surface area contributed by atoms with Gasteiger partial charge in [0.15, 0.2) is 0 Å². The van der Waals surface area contributed by atoms with Crippen molar-refractivity contribution in [3.8, 4) is 16.9 Å². The molecule has 168 valence electrons. The smallest absolute Gasteiger partial charge is 0.406 e. The van der Waals surface area contributed by atoms with Gasteiger partial charge in [-0.15, -0.1) is 13.2 Å². The number of anilines is 2. The zero-order valence-electron chi connectivity index (χ0n) is 17.2. The summed E-state index contributed by atoms with van der Waals surface area (Å²) >= 11 is 0. The molecule has 0 spiro atoms. The van der Waals surface area contributed by atoms with Crippen molar-refractivity contribution in [1.29, 1.82) is 0 Å². The summed E-state index contributed by atoms with van der Waals surface area (Å²) < 4.78 is 40.8. The molecule has 3 aromatic rings. The van der Waals surface area contributed by atoms with Crippen LogP contribution in [0.5, 0.6) is 5.75 Å². The molecular formula is C22H23F3N6O. The van der Waals surface area contributed by atoms with Crippen molar-refractivity contribution in [3.63, 3.8) is 0 Å². The topological polar surface area (TPSA) is 89.2 Å². The molecule has 10 heteroatoms. The predicted octanol–water partition coefficient (Wildman–Crippen LogP) is 3.83. The van der Waals surface area contributed by atoms with E-state index in [9.17, 15) is 13.2 Å². The third-order valence-electron chi connectivity index (χ3n) is 5.30. The lowest BCUT2D eigenvalue weighted by Gasteiger charge is -2.21. The first-order valence-electron chi connectivity index (χ1n) is 10.2. The first-order valence-corrected chi connectivity index (χ1v) is 10.2. The summed E-state index contributed by atoms with van der Waals surface area (Å²) in [4.78, 5) is 15.2. The minimum atomic E-state index is -4.71. The molecule has 1 aromatic carbocycles. The van der Waals surface area contributed by atoms with Crippen molar-refractivity contribution in [1.82, 2.24) is 15.0 Å². The molecule has 1 saturated heterocycles. The Balaban J connectivity index is 1.51. The minimum absolute atomic E-state index is 0.262. The van der Waals surface area contributed by atoms with Crippen molar-refractivity contribution in [3.05, 3.63) is 60.8 Å². The molecule has 0 radical (unpaired) electrons. The highest BCUT2D eigenvalue weighted by molar-refractivity contribution is 5.75. The second kappa shape index (κ2) is 9.39. The Kier molecular flexibility index (Phi) is 6.40. The van der Waals surface area contributed by atoms with E-state index in [1.807, 2.05) is 6.07 Å². The van der Waals surface area contributed by atoms with Gasteiger partial charge in [-0.1, -0.05) is 0 Å². The highest BCUT2D eigenvalue weighted by Gasteiger charge is 2.31. The van der Waals surface area contributed by atoms with Gasteiger partial charge in [0, 0.05) is 55.0 Å². The molecule has 2 aromatic heterocycles. The monoisotopic (exact) mass is 444 g/mol. The Bertz CT molecular complexity index is 1030. The van der Waals surface area contributed by atoms with Gasteiger partial charge in [0.1, 0.15) is 17.9 Å². The Labute approximate surface area is 183 Å². The summed E-state index contributed by atoms with van der Waals surface area (Å²) in [6.45, 7) is 2.83. The number of nitrogens with two attached hydrogens (primary N) is 1. The molecule has 0 saturated carbocycles. The Hall–Kier alpha value is -3.40. The largest absolute Gasteiger partial charge is 0.573 e. The number of aromatic nitrogens is 3. The molecule has 1 aliphatic heterocycles. The van der Waals surface area contributed by atoms with Crippen molar-refractivity contribution in [2.24, 2.45) is 11.7 Å². The van der Waals surface area contributed by atoms with Gasteiger partial charge in [-0.05, 0) is 54.8 Å². The standard InChI is InChI=1S/C22H23F3N6O/c23-22(24,25)32-19-3-1-18(2-4-19)29-9-16-7-20(17-11-27-14-28-12-17)21(30-10-16)31-6-5-15(8-26)13-31/h1-4,7,10-12,14-15,29H,5-6,8-9,13,26H2. The molecule has 1 fully saturated rings. The van der Waals surface area contributed by atoms with E-state index in [4.69, 9.17) is 10.7 Å². The van der Waals surface area contributed by atoms with Crippen molar-refractivity contribution in [2.75, 3.05) is 29.9 Å². The van der Waals surface area contributed by atoms with Crippen LogP contribution >= 0.6 is 0 Å². The van der Waals surface area contributed by atoms with E-state index in [1.165, 1.54) is 30.6 Å². The summed E-state index contributed by atoms with van der Waals surface area (Å²) in [5, 5.41) is 3.20. The fraction of sp³-hybridized carbons (Fsp3) is 0.318. The van der Waals surface area contributed by atoms with Crippen molar-refractivity contribution in [2.45, 2.75) is 19.3 Å². The third kappa shape index (κ3) is 5.44. The van der Waals surface area contributed by atoms with Crippen LogP contribution in [0, 0.1) is 5.92 Å². The van der Waals surface area contributed by atoms with Crippen LogP contribution in [0.25, 0.3) is 11.1 Å². The molecule has 0 bridgehead atoms. The average molecular weight is 444 g/mol. The summed E-state index contributed by atoms with van der Waals surface area (Å²) in [6.07, 6.45) is 3.10. The molecule has 1 atom stereocenters. The molecule has 0 aliphatic carbocycles. The molecule has 3 N–H and O–H groups in total. The maximum atomic E-state index is 12.3. The molecule has 4 rings (SSSR count). The number of ether oxygens (including phenoxy) is 1. The normalized spacial score (nSPS) is 16.2. The molecule has 0 amide bonds. The van der Waals surface area contributed by atoms with Gasteiger partial charge >= 0.3 is 6.36 Å². The number of halogens is 3. The van der Waals surface area contributed by atoms with Crippen LogP contribution < -0.4 is 20.7 Å². The van der Waals surface area contributed by atoms with Crippen LogP contribution in [-0.4, -0.2) is 40.9 Å². The molecule has 32 heavy (non-hydrogen) atoms. The number of nitrogens with one attached hydrogen (secondary N) is 1. The van der Waals surface area contributed by atoms with E-state index in [0.29, 0.717) is 24.7 Å². The van der Waals surface area contributed by atoms with E-state index in [-0.39, 0.29) is 5.75 Å². The van der Waals surface area contributed by atoms with Gasteiger partial charge < -0.3 is 20.7 Å². The van der Waals surface area contributed by atoms with Gasteiger partial charge in [-0.25, -0.2) is 15.0 Å². The molecular weight excluding hydrogens is 421 g/mol. The average Bonchev–Trinajstić information content (AvgIpc) is 3.27. The van der Waals surface area contributed by atoms with Crippen LogP contribution in [-0.2, 0) is 6.54 Å². The van der Waals surface area contributed by atoms with Crippen LogP contribution in [0.1, 0.15) is 12.0 Å². The van der Waals surface area contributed by atoms with Gasteiger partial charge in [-0.3, -0.25) is 0 Å². The number of nitrogens with zero attached hydrogens (tertiary/aromatic N) is 4. The van der Waals surface area contributed by atoms with E-state index >= 15 is 0 Å². The van der Waals surface area contributed by atoms with Gasteiger partial charge in [0.2, 0.25) is 0 Å². The maximum absolute atomic E-state index is 12.3. The second-order valence-corrected chi connectivity index (χ2v) is 7.60. The van der Waals surface area contributed by atoms with E-state index in [0.717, 1.165) is 42.0 Å². The van der Waals surface area contributed by atoms with Crippen LogP contribution in [0.15, 0.2) is 55.2 Å². The van der Waals surface area contributed by atoms with E-state index in [2.05, 4.69) is 24.9 Å². The van der Waals surface area contributed by atoms with Gasteiger partial charge in [0.25, 0.3) is 0 Å². The van der Waals surface area contributed by atoms with Gasteiger partial charge in [-0.2, -0.15) is 0 Å². The molecule has 1 unspecified atom stereocenters. The summed E-state index contributed by atoms with van der Waals surface area (Å²) in [5.74, 6) is 1.05. The maximum Gasteiger partial charge on any atom is 0.573 e. The molecule has 3 heterocycles. The summed E-state index contributed by atoms with van der Waals surface area (Å²) in [6, 6.07) is 7.64. The van der Waals surface area contributed by atoms with Crippen molar-refractivity contribution < 1.29 is 17.9 Å². The fourth-order valence-electron chi connectivity index (χ4n) is 3.70. The molecule has 1 aliphatic rings. The Morgan fingerprint density at radius 3 is 2.53 bits per heavy atom. The number of pyridine rings is 1. The highest BCUT2D eigenvalue weighted by atomic mass is 19.4.